The van der Waals surface area contributed by atoms with Crippen molar-refractivity contribution in [2.75, 3.05) is 33.0 Å². The average molecular weight is 443 g/mol. The summed E-state index contributed by atoms with van der Waals surface area (Å²) >= 11 is 0. The lowest BCUT2D eigenvalue weighted by molar-refractivity contribution is 0.174. The van der Waals surface area contributed by atoms with Crippen LogP contribution in [-0.4, -0.2) is 57.1 Å². The molecule has 0 atom stereocenters. The number of hydrogen-bond acceptors (Lipinski definition) is 7. The third kappa shape index (κ3) is 3.88. The molecule has 1 saturated heterocycles. The van der Waals surface area contributed by atoms with E-state index in [4.69, 9.17) is 14.5 Å². The summed E-state index contributed by atoms with van der Waals surface area (Å²) < 4.78 is 38.4. The Balaban J connectivity index is 1.27. The molecule has 164 valence electrons. The van der Waals surface area contributed by atoms with Crippen molar-refractivity contribution in [2.45, 2.75) is 29.8 Å². The van der Waals surface area contributed by atoms with Gasteiger partial charge in [-0.05, 0) is 42.7 Å². The molecule has 8 nitrogen and oxygen atoms in total. The molecule has 9 heteroatoms. The van der Waals surface area contributed by atoms with Crippen LogP contribution in [0.4, 0.5) is 0 Å². The lowest BCUT2D eigenvalue weighted by atomic mass is 9.85. The van der Waals surface area contributed by atoms with Crippen LogP contribution >= 0.6 is 0 Å². The van der Waals surface area contributed by atoms with Crippen LogP contribution in [0.2, 0.25) is 0 Å². The second-order valence-electron chi connectivity index (χ2n) is 8.00. The summed E-state index contributed by atoms with van der Waals surface area (Å²) in [5, 5.41) is 7.11. The third-order valence-corrected chi connectivity index (χ3v) is 8.07. The predicted octanol–water partition coefficient (Wildman–Crippen LogP) is 1.73. The van der Waals surface area contributed by atoms with Crippen molar-refractivity contribution in [1.29, 1.82) is 0 Å². The number of fused-ring (bicyclic) bond motifs is 1. The summed E-state index contributed by atoms with van der Waals surface area (Å²) in [6.07, 6.45) is 1.35. The van der Waals surface area contributed by atoms with Gasteiger partial charge in [-0.3, -0.25) is 4.99 Å². The van der Waals surface area contributed by atoms with Gasteiger partial charge in [-0.1, -0.05) is 24.3 Å². The number of sulfonamides is 1. The van der Waals surface area contributed by atoms with Gasteiger partial charge in [0.2, 0.25) is 16.8 Å². The zero-order valence-corrected chi connectivity index (χ0v) is 18.0. The Labute approximate surface area is 182 Å². The number of hydrogen-bond donors (Lipinski definition) is 2. The Morgan fingerprint density at radius 1 is 1.06 bits per heavy atom. The minimum absolute atomic E-state index is 0.258. The second-order valence-corrected chi connectivity index (χ2v) is 9.94. The molecule has 2 aromatic carbocycles. The molecule has 0 bridgehead atoms. The summed E-state index contributed by atoms with van der Waals surface area (Å²) in [5.41, 5.74) is 0.758. The number of nitrogens with zero attached hydrogens (tertiary/aromatic N) is 2. The molecule has 3 aliphatic heterocycles. The zero-order valence-electron chi connectivity index (χ0n) is 17.2. The lowest BCUT2D eigenvalue weighted by Crippen LogP contribution is -2.64. The average Bonchev–Trinajstić information content (AvgIpc) is 3.27. The molecule has 0 aliphatic carbocycles. The van der Waals surface area contributed by atoms with Gasteiger partial charge in [0.1, 0.15) is 5.84 Å². The highest BCUT2D eigenvalue weighted by Gasteiger charge is 2.43. The monoisotopic (exact) mass is 442 g/mol. The van der Waals surface area contributed by atoms with Gasteiger partial charge in [-0.2, -0.15) is 4.31 Å². The van der Waals surface area contributed by atoms with Gasteiger partial charge < -0.3 is 20.1 Å². The van der Waals surface area contributed by atoms with E-state index >= 15 is 0 Å². The van der Waals surface area contributed by atoms with Crippen molar-refractivity contribution in [1.82, 2.24) is 14.9 Å². The summed E-state index contributed by atoms with van der Waals surface area (Å²) in [6, 6.07) is 14.6. The molecule has 3 aliphatic rings. The minimum Gasteiger partial charge on any atom is -0.454 e. The number of aliphatic imine (C=N–C) groups is 1. The van der Waals surface area contributed by atoms with Gasteiger partial charge in [0, 0.05) is 26.2 Å². The van der Waals surface area contributed by atoms with Crippen molar-refractivity contribution in [3.63, 3.8) is 0 Å². The minimum atomic E-state index is -3.48. The molecule has 1 fully saturated rings. The molecule has 3 heterocycles. The van der Waals surface area contributed by atoms with Crippen molar-refractivity contribution < 1.29 is 17.9 Å². The van der Waals surface area contributed by atoms with E-state index in [2.05, 4.69) is 10.6 Å². The maximum absolute atomic E-state index is 13.0. The van der Waals surface area contributed by atoms with Crippen LogP contribution < -0.4 is 20.1 Å². The fraction of sp³-hybridized carbons (Fsp3) is 0.409. The molecule has 0 amide bonds. The van der Waals surface area contributed by atoms with Crippen LogP contribution in [0.25, 0.3) is 0 Å². The highest BCUT2D eigenvalue weighted by molar-refractivity contribution is 7.89. The Morgan fingerprint density at radius 3 is 2.65 bits per heavy atom. The van der Waals surface area contributed by atoms with Gasteiger partial charge in [0.15, 0.2) is 11.5 Å². The maximum atomic E-state index is 13.0. The van der Waals surface area contributed by atoms with Gasteiger partial charge in [0.25, 0.3) is 0 Å². The molecule has 1 spiro atoms. The Bertz CT molecular complexity index is 1080. The number of amidine groups is 1. The molecule has 31 heavy (non-hydrogen) atoms. The Morgan fingerprint density at radius 2 is 1.84 bits per heavy atom. The maximum Gasteiger partial charge on any atom is 0.243 e. The van der Waals surface area contributed by atoms with Crippen LogP contribution in [0.5, 0.6) is 11.5 Å². The topological polar surface area (TPSA) is 92.3 Å². The first-order chi connectivity index (χ1) is 15.1. The Hall–Kier alpha value is -2.62. The van der Waals surface area contributed by atoms with E-state index in [9.17, 15) is 8.42 Å². The fourth-order valence-electron chi connectivity index (χ4n) is 4.42. The predicted molar refractivity (Wildman–Crippen MR) is 117 cm³/mol. The van der Waals surface area contributed by atoms with Gasteiger partial charge in [-0.25, -0.2) is 8.42 Å². The van der Waals surface area contributed by atoms with Crippen molar-refractivity contribution in [3.8, 4) is 11.5 Å². The molecule has 0 aromatic heterocycles. The molecular weight excluding hydrogens is 416 g/mol. The van der Waals surface area contributed by atoms with E-state index in [-0.39, 0.29) is 12.3 Å². The molecule has 0 radical (unpaired) electrons. The zero-order chi connectivity index (χ0) is 21.3. The molecule has 2 aromatic rings. The normalized spacial score (nSPS) is 20.5. The number of ether oxygens (including phenoxy) is 2. The Kier molecular flexibility index (Phi) is 5.33. The van der Waals surface area contributed by atoms with E-state index in [0.717, 1.165) is 29.4 Å². The van der Waals surface area contributed by atoms with E-state index in [0.29, 0.717) is 43.9 Å². The second kappa shape index (κ2) is 8.14. The molecular formula is C22H26N4O4S. The number of benzene rings is 2. The van der Waals surface area contributed by atoms with E-state index in [1.807, 2.05) is 24.3 Å². The smallest absolute Gasteiger partial charge is 0.243 e. The standard InChI is InChI=1S/C22H26N4O4S/c27-31(28,18-4-2-1-3-5-18)26-12-8-22(9-13-26)21(23-10-11-25-22)24-15-17-6-7-19-20(14-17)30-16-29-19/h1-7,14,25H,8-13,15-16H2,(H,23,24). The number of rotatable bonds is 4. The fourth-order valence-corrected chi connectivity index (χ4v) is 5.89. The molecule has 0 saturated carbocycles. The van der Waals surface area contributed by atoms with Crippen molar-refractivity contribution in [2.24, 2.45) is 4.99 Å². The first-order valence-corrected chi connectivity index (χ1v) is 12.0. The molecule has 0 unspecified atom stereocenters. The van der Waals surface area contributed by atoms with Crippen LogP contribution in [0.1, 0.15) is 18.4 Å². The van der Waals surface area contributed by atoms with Gasteiger partial charge in [0.05, 0.1) is 17.0 Å². The SMILES string of the molecule is O=S(=O)(c1ccccc1)N1CCC2(CC1)NCCN=C2NCc1ccc2c(c1)OCO2. The van der Waals surface area contributed by atoms with Crippen molar-refractivity contribution >= 4 is 15.9 Å². The summed E-state index contributed by atoms with van der Waals surface area (Å²) in [6.45, 7) is 3.28. The third-order valence-electron chi connectivity index (χ3n) is 6.15. The largest absolute Gasteiger partial charge is 0.454 e. The summed E-state index contributed by atoms with van der Waals surface area (Å²) in [4.78, 5) is 5.10. The first kappa shape index (κ1) is 20.3. The van der Waals surface area contributed by atoms with Crippen LogP contribution in [0.15, 0.2) is 58.4 Å². The van der Waals surface area contributed by atoms with Crippen LogP contribution in [0.3, 0.4) is 0 Å². The van der Waals surface area contributed by atoms with E-state index in [1.165, 1.54) is 0 Å². The quantitative estimate of drug-likeness (QED) is 0.749. The summed E-state index contributed by atoms with van der Waals surface area (Å²) in [5.74, 6) is 2.44. The van der Waals surface area contributed by atoms with E-state index < -0.39 is 10.0 Å². The van der Waals surface area contributed by atoms with Gasteiger partial charge in [-0.15, -0.1) is 0 Å². The van der Waals surface area contributed by atoms with E-state index in [1.54, 1.807) is 28.6 Å². The number of piperidine rings is 1. The molecule has 2 N–H and O–H groups in total. The van der Waals surface area contributed by atoms with Crippen molar-refractivity contribution in [3.05, 3.63) is 54.1 Å². The lowest BCUT2D eigenvalue weighted by Gasteiger charge is -2.44. The number of nitrogens with one attached hydrogen (secondary N) is 2. The molecule has 5 rings (SSSR count). The highest BCUT2D eigenvalue weighted by Crippen LogP contribution is 2.33. The van der Waals surface area contributed by atoms with Crippen LogP contribution in [0, 0.1) is 0 Å². The first-order valence-electron chi connectivity index (χ1n) is 10.5. The summed E-state index contributed by atoms with van der Waals surface area (Å²) in [7, 11) is -3.48. The van der Waals surface area contributed by atoms with Gasteiger partial charge >= 0.3 is 0 Å². The van der Waals surface area contributed by atoms with Crippen LogP contribution in [-0.2, 0) is 16.6 Å². The highest BCUT2D eigenvalue weighted by atomic mass is 32.2.